The third-order valence-corrected chi connectivity index (χ3v) is 5.62. The van der Waals surface area contributed by atoms with Crippen molar-refractivity contribution in [1.82, 2.24) is 5.32 Å². The van der Waals surface area contributed by atoms with E-state index in [1.54, 1.807) is 0 Å². The Morgan fingerprint density at radius 1 is 1.00 bits per heavy atom. The van der Waals surface area contributed by atoms with Crippen LogP contribution in [0.1, 0.15) is 44.9 Å². The van der Waals surface area contributed by atoms with Gasteiger partial charge in [0.05, 0.1) is 0 Å². The fourth-order valence-corrected chi connectivity index (χ4v) is 4.42. The Hall–Kier alpha value is -0.570. The molecule has 0 bridgehead atoms. The second-order valence-electron chi connectivity index (χ2n) is 6.57. The van der Waals surface area contributed by atoms with E-state index in [0.717, 1.165) is 24.9 Å². The minimum Gasteiger partial charge on any atom is -0.356 e. The number of carbonyl (C=O) groups is 1. The summed E-state index contributed by atoms with van der Waals surface area (Å²) >= 11 is 0. The number of rotatable bonds is 4. The Bertz CT molecular complexity index is 306. The van der Waals surface area contributed by atoms with Crippen molar-refractivity contribution in [3.8, 4) is 0 Å². The predicted octanol–water partition coefficient (Wildman–Crippen LogP) is 1.91. The molecule has 3 N–H and O–H groups in total. The van der Waals surface area contributed by atoms with Gasteiger partial charge in [-0.1, -0.05) is 19.3 Å². The topological polar surface area (TPSA) is 55.1 Å². The summed E-state index contributed by atoms with van der Waals surface area (Å²) in [6.07, 6.45) is 9.04. The van der Waals surface area contributed by atoms with Gasteiger partial charge in [-0.2, -0.15) is 0 Å². The van der Waals surface area contributed by atoms with Crippen LogP contribution < -0.4 is 11.1 Å². The molecule has 0 aromatic carbocycles. The van der Waals surface area contributed by atoms with Crippen LogP contribution in [0, 0.1) is 29.6 Å². The number of nitrogens with two attached hydrogens (primary N) is 1. The molecule has 102 valence electrons. The Balaban J connectivity index is 1.45. The molecule has 3 nitrogen and oxygen atoms in total. The third kappa shape index (κ3) is 2.29. The van der Waals surface area contributed by atoms with Crippen LogP contribution in [0.2, 0.25) is 0 Å². The summed E-state index contributed by atoms with van der Waals surface area (Å²) in [4.78, 5) is 12.2. The lowest BCUT2D eigenvalue weighted by atomic mass is 9.96. The molecule has 4 atom stereocenters. The van der Waals surface area contributed by atoms with Gasteiger partial charge < -0.3 is 11.1 Å². The molecule has 4 unspecified atom stereocenters. The molecule has 0 aromatic rings. The largest absolute Gasteiger partial charge is 0.356 e. The van der Waals surface area contributed by atoms with Crippen LogP contribution in [0.4, 0.5) is 0 Å². The van der Waals surface area contributed by atoms with Gasteiger partial charge >= 0.3 is 0 Å². The number of nitrogens with one attached hydrogen (secondary N) is 1. The molecule has 0 heterocycles. The van der Waals surface area contributed by atoms with Gasteiger partial charge in [-0.15, -0.1) is 0 Å². The molecular formula is C15H26N2O. The van der Waals surface area contributed by atoms with Crippen molar-refractivity contribution in [3.63, 3.8) is 0 Å². The van der Waals surface area contributed by atoms with Crippen molar-refractivity contribution in [1.29, 1.82) is 0 Å². The van der Waals surface area contributed by atoms with E-state index in [1.165, 1.54) is 44.9 Å². The Morgan fingerprint density at radius 3 is 2.33 bits per heavy atom. The van der Waals surface area contributed by atoms with Crippen LogP contribution in [0.5, 0.6) is 0 Å². The van der Waals surface area contributed by atoms with Crippen LogP contribution in [0.15, 0.2) is 0 Å². The van der Waals surface area contributed by atoms with Crippen molar-refractivity contribution in [2.75, 3.05) is 13.1 Å². The first kappa shape index (κ1) is 12.5. The van der Waals surface area contributed by atoms with Gasteiger partial charge in [-0.25, -0.2) is 0 Å². The molecule has 3 rings (SSSR count). The van der Waals surface area contributed by atoms with Crippen molar-refractivity contribution >= 4 is 5.91 Å². The summed E-state index contributed by atoms with van der Waals surface area (Å²) in [5, 5.41) is 3.21. The number of carbonyl (C=O) groups excluding carboxylic acids is 1. The maximum atomic E-state index is 12.2. The fourth-order valence-electron chi connectivity index (χ4n) is 4.42. The maximum absolute atomic E-state index is 12.2. The van der Waals surface area contributed by atoms with E-state index in [9.17, 15) is 4.79 Å². The van der Waals surface area contributed by atoms with Gasteiger partial charge in [0.1, 0.15) is 0 Å². The van der Waals surface area contributed by atoms with Gasteiger partial charge in [-0.3, -0.25) is 4.79 Å². The third-order valence-electron chi connectivity index (χ3n) is 5.62. The standard InChI is InChI=1S/C15H26N2O/c16-8-10-4-3-5-11(10)9-17-15(18)14-12-6-1-2-7-13(12)14/h10-14H,1-9,16H2,(H,17,18). The molecule has 0 radical (unpaired) electrons. The van der Waals surface area contributed by atoms with Gasteiger partial charge in [0.2, 0.25) is 5.91 Å². The lowest BCUT2D eigenvalue weighted by molar-refractivity contribution is -0.123. The van der Waals surface area contributed by atoms with Gasteiger partial charge in [0.25, 0.3) is 0 Å². The SMILES string of the molecule is NCC1CCCC1CNC(=O)C1C2CCCCC21. The summed E-state index contributed by atoms with van der Waals surface area (Å²) in [5.74, 6) is 3.45. The second kappa shape index (κ2) is 5.20. The Labute approximate surface area is 110 Å². The van der Waals surface area contributed by atoms with Gasteiger partial charge in [0.15, 0.2) is 0 Å². The predicted molar refractivity (Wildman–Crippen MR) is 71.8 cm³/mol. The van der Waals surface area contributed by atoms with E-state index in [0.29, 0.717) is 23.7 Å². The van der Waals surface area contributed by atoms with Gasteiger partial charge in [-0.05, 0) is 55.9 Å². The number of fused-ring (bicyclic) bond motifs is 1. The number of hydrogen-bond acceptors (Lipinski definition) is 2. The summed E-state index contributed by atoms with van der Waals surface area (Å²) in [7, 11) is 0. The van der Waals surface area contributed by atoms with E-state index < -0.39 is 0 Å². The first-order chi connectivity index (χ1) is 8.81. The summed E-state index contributed by atoms with van der Waals surface area (Å²) in [6.45, 7) is 1.66. The monoisotopic (exact) mass is 250 g/mol. The highest BCUT2D eigenvalue weighted by atomic mass is 16.2. The van der Waals surface area contributed by atoms with E-state index in [-0.39, 0.29) is 0 Å². The molecule has 3 heteroatoms. The molecule has 0 aliphatic heterocycles. The Morgan fingerprint density at radius 2 is 1.67 bits per heavy atom. The highest BCUT2D eigenvalue weighted by molar-refractivity contribution is 5.82. The van der Waals surface area contributed by atoms with Crippen molar-refractivity contribution in [3.05, 3.63) is 0 Å². The van der Waals surface area contributed by atoms with E-state index in [2.05, 4.69) is 5.32 Å². The van der Waals surface area contributed by atoms with Crippen molar-refractivity contribution in [2.45, 2.75) is 44.9 Å². The van der Waals surface area contributed by atoms with E-state index in [1.807, 2.05) is 0 Å². The average Bonchev–Trinajstić information content (AvgIpc) is 2.95. The minimum absolute atomic E-state index is 0.342. The van der Waals surface area contributed by atoms with Crippen LogP contribution in [-0.2, 0) is 4.79 Å². The minimum atomic E-state index is 0.342. The average molecular weight is 250 g/mol. The van der Waals surface area contributed by atoms with Crippen LogP contribution >= 0.6 is 0 Å². The highest BCUT2D eigenvalue weighted by Gasteiger charge is 2.54. The first-order valence-electron chi connectivity index (χ1n) is 7.79. The van der Waals surface area contributed by atoms with Crippen LogP contribution in [0.25, 0.3) is 0 Å². The zero-order valence-electron chi connectivity index (χ0n) is 11.2. The molecule has 3 saturated carbocycles. The summed E-state index contributed by atoms with van der Waals surface area (Å²) in [5.41, 5.74) is 5.79. The quantitative estimate of drug-likeness (QED) is 0.801. The molecule has 0 saturated heterocycles. The van der Waals surface area contributed by atoms with Crippen molar-refractivity contribution < 1.29 is 4.79 Å². The fraction of sp³-hybridized carbons (Fsp3) is 0.933. The van der Waals surface area contributed by atoms with E-state index in [4.69, 9.17) is 5.73 Å². The lowest BCUT2D eigenvalue weighted by Gasteiger charge is -2.18. The maximum Gasteiger partial charge on any atom is 0.223 e. The molecule has 3 aliphatic rings. The van der Waals surface area contributed by atoms with Gasteiger partial charge in [0, 0.05) is 12.5 Å². The molecular weight excluding hydrogens is 224 g/mol. The second-order valence-corrected chi connectivity index (χ2v) is 6.57. The van der Waals surface area contributed by atoms with Crippen LogP contribution in [0.3, 0.4) is 0 Å². The van der Waals surface area contributed by atoms with Crippen LogP contribution in [-0.4, -0.2) is 19.0 Å². The normalized spacial score (nSPS) is 42.4. The molecule has 3 fully saturated rings. The zero-order valence-corrected chi connectivity index (χ0v) is 11.2. The number of amides is 1. The summed E-state index contributed by atoms with van der Waals surface area (Å²) < 4.78 is 0. The smallest absolute Gasteiger partial charge is 0.223 e. The summed E-state index contributed by atoms with van der Waals surface area (Å²) in [6, 6.07) is 0. The zero-order chi connectivity index (χ0) is 12.5. The molecule has 0 aromatic heterocycles. The van der Waals surface area contributed by atoms with E-state index >= 15 is 0 Å². The lowest BCUT2D eigenvalue weighted by Crippen LogP contribution is -2.34. The van der Waals surface area contributed by atoms with Crippen molar-refractivity contribution in [2.24, 2.45) is 35.3 Å². The molecule has 0 spiro atoms. The Kier molecular flexibility index (Phi) is 3.60. The first-order valence-corrected chi connectivity index (χ1v) is 7.79. The number of hydrogen-bond donors (Lipinski definition) is 2. The molecule has 1 amide bonds. The molecule has 18 heavy (non-hydrogen) atoms. The highest BCUT2D eigenvalue weighted by Crippen LogP contribution is 2.55. The molecule has 3 aliphatic carbocycles.